The summed E-state index contributed by atoms with van der Waals surface area (Å²) in [6, 6.07) is 15.7. The molecule has 2 amide bonds. The number of nitrogens with one attached hydrogen (secondary N) is 2. The van der Waals surface area contributed by atoms with Crippen LogP contribution in [0.25, 0.3) is 0 Å². The summed E-state index contributed by atoms with van der Waals surface area (Å²) in [6.45, 7) is 6.98. The third-order valence-electron chi connectivity index (χ3n) is 7.72. The molecule has 210 valence electrons. The number of ether oxygens (including phenoxy) is 2. The quantitative estimate of drug-likeness (QED) is 0.515. The third-order valence-corrected chi connectivity index (χ3v) is 7.72. The molecule has 10 heteroatoms. The van der Waals surface area contributed by atoms with Crippen LogP contribution >= 0.6 is 0 Å². The second-order valence-electron chi connectivity index (χ2n) is 10.2. The van der Waals surface area contributed by atoms with Crippen LogP contribution in [0.1, 0.15) is 12.8 Å². The number of morpholine rings is 2. The maximum atomic E-state index is 13.2. The Balaban J connectivity index is 1.04. The van der Waals surface area contributed by atoms with Crippen molar-refractivity contribution in [3.05, 3.63) is 72.1 Å². The van der Waals surface area contributed by atoms with Gasteiger partial charge in [0.2, 0.25) is 0 Å². The second-order valence-corrected chi connectivity index (χ2v) is 10.2. The first-order valence-electron chi connectivity index (χ1n) is 14.1. The number of rotatable bonds is 7. The summed E-state index contributed by atoms with van der Waals surface area (Å²) in [4.78, 5) is 34.3. The number of hydrogen-bond acceptors (Lipinski definition) is 8. The van der Waals surface area contributed by atoms with Crippen molar-refractivity contribution in [1.82, 2.24) is 9.80 Å². The minimum atomic E-state index is 0.0480. The minimum absolute atomic E-state index is 0.0480. The predicted octanol–water partition coefficient (Wildman–Crippen LogP) is 3.03. The highest BCUT2D eigenvalue weighted by Crippen LogP contribution is 2.27. The molecule has 2 fully saturated rings. The molecule has 0 bridgehead atoms. The lowest BCUT2D eigenvalue weighted by atomic mass is 10.1. The van der Waals surface area contributed by atoms with E-state index >= 15 is 0 Å². The Morgan fingerprint density at radius 1 is 0.525 bits per heavy atom. The van der Waals surface area contributed by atoms with Crippen LogP contribution < -0.4 is 20.7 Å². The molecule has 0 aliphatic carbocycles. The molecule has 6 rings (SSSR count). The molecule has 0 spiro atoms. The van der Waals surface area contributed by atoms with Crippen molar-refractivity contribution in [3.63, 3.8) is 0 Å². The molecular formula is C30H36N6O4. The van der Waals surface area contributed by atoms with Crippen molar-refractivity contribution in [2.75, 3.05) is 86.3 Å². The fraction of sp³-hybridized carbons (Fsp3) is 0.400. The summed E-state index contributed by atoms with van der Waals surface area (Å²) in [5, 5.41) is 0. The lowest BCUT2D eigenvalue weighted by Gasteiger charge is -2.35. The van der Waals surface area contributed by atoms with Gasteiger partial charge in [-0.2, -0.15) is 0 Å². The fourth-order valence-electron chi connectivity index (χ4n) is 5.54. The van der Waals surface area contributed by atoms with Gasteiger partial charge in [-0.05, 0) is 61.4 Å². The molecule has 0 radical (unpaired) electrons. The van der Waals surface area contributed by atoms with Gasteiger partial charge in [0.05, 0.1) is 49.2 Å². The van der Waals surface area contributed by atoms with E-state index in [0.29, 0.717) is 39.5 Å². The van der Waals surface area contributed by atoms with Crippen molar-refractivity contribution in [2.45, 2.75) is 12.8 Å². The molecule has 0 saturated carbocycles. The van der Waals surface area contributed by atoms with Crippen LogP contribution in [0.2, 0.25) is 0 Å². The van der Waals surface area contributed by atoms with Gasteiger partial charge >= 0.3 is 0 Å². The van der Waals surface area contributed by atoms with E-state index in [1.807, 2.05) is 58.3 Å². The van der Waals surface area contributed by atoms with Crippen molar-refractivity contribution in [2.24, 2.45) is 0 Å². The van der Waals surface area contributed by atoms with Crippen molar-refractivity contribution in [3.8, 4) is 0 Å². The highest BCUT2D eigenvalue weighted by molar-refractivity contribution is 6.06. The Morgan fingerprint density at radius 2 is 0.900 bits per heavy atom. The predicted molar refractivity (Wildman–Crippen MR) is 155 cm³/mol. The van der Waals surface area contributed by atoms with Gasteiger partial charge in [0.1, 0.15) is 0 Å². The van der Waals surface area contributed by atoms with E-state index in [1.165, 1.54) is 0 Å². The van der Waals surface area contributed by atoms with Gasteiger partial charge in [0, 0.05) is 50.6 Å². The highest BCUT2D eigenvalue weighted by Gasteiger charge is 2.29. The SMILES string of the molecule is O=C1C(N2CCOCC2)=CCCN1c1ccc(NNc2ccc(N3CCC=C(N4CCOCC4)C3=O)cc2)cc1. The Bertz CT molecular complexity index is 1160. The summed E-state index contributed by atoms with van der Waals surface area (Å²) in [5.74, 6) is 0.0960. The Kier molecular flexibility index (Phi) is 7.87. The van der Waals surface area contributed by atoms with Crippen molar-refractivity contribution < 1.29 is 19.1 Å². The molecule has 0 atom stereocenters. The molecule has 2 aromatic carbocycles. The molecule has 2 N–H and O–H groups in total. The summed E-state index contributed by atoms with van der Waals surface area (Å²) >= 11 is 0. The van der Waals surface area contributed by atoms with Crippen LogP contribution in [0.4, 0.5) is 22.7 Å². The standard InChI is InChI=1S/C30H36N6O4/c37-29-27(33-15-19-39-20-16-33)3-1-13-35(29)25-9-5-23(6-10-25)31-32-24-7-11-26(12-8-24)36-14-2-4-28(30(36)38)34-17-21-40-22-18-34/h3-12,31-32H,1-2,13-22H2. The molecule has 2 saturated heterocycles. The topological polar surface area (TPSA) is 89.6 Å². The minimum Gasteiger partial charge on any atom is -0.378 e. The number of nitrogens with zero attached hydrogens (tertiary/aromatic N) is 4. The largest absolute Gasteiger partial charge is 0.378 e. The van der Waals surface area contributed by atoms with Gasteiger partial charge in [0.25, 0.3) is 11.8 Å². The Morgan fingerprint density at radius 3 is 1.27 bits per heavy atom. The number of carbonyl (C=O) groups is 2. The zero-order chi connectivity index (χ0) is 27.3. The van der Waals surface area contributed by atoms with Gasteiger partial charge < -0.3 is 39.9 Å². The first-order valence-corrected chi connectivity index (χ1v) is 14.1. The number of hydrazine groups is 1. The van der Waals surface area contributed by atoms with E-state index in [1.54, 1.807) is 0 Å². The normalized spacial score (nSPS) is 20.3. The monoisotopic (exact) mass is 544 g/mol. The molecule has 4 aliphatic heterocycles. The van der Waals surface area contributed by atoms with Crippen LogP contribution in [0.5, 0.6) is 0 Å². The molecular weight excluding hydrogens is 508 g/mol. The summed E-state index contributed by atoms with van der Waals surface area (Å²) < 4.78 is 10.9. The first kappa shape index (κ1) is 26.2. The first-order chi connectivity index (χ1) is 19.7. The number of hydrogen-bond donors (Lipinski definition) is 2. The van der Waals surface area contributed by atoms with E-state index in [0.717, 1.165) is 73.2 Å². The Labute approximate surface area is 234 Å². The van der Waals surface area contributed by atoms with Gasteiger partial charge in [-0.3, -0.25) is 9.59 Å². The zero-order valence-electron chi connectivity index (χ0n) is 22.7. The summed E-state index contributed by atoms with van der Waals surface area (Å²) in [6.07, 6.45) is 5.78. The van der Waals surface area contributed by atoms with E-state index in [2.05, 4.69) is 32.8 Å². The van der Waals surface area contributed by atoms with Crippen molar-refractivity contribution >= 4 is 34.6 Å². The van der Waals surface area contributed by atoms with Crippen LogP contribution in [-0.2, 0) is 19.1 Å². The fourth-order valence-corrected chi connectivity index (χ4v) is 5.54. The lowest BCUT2D eigenvalue weighted by molar-refractivity contribution is -0.118. The average Bonchev–Trinajstić information content (AvgIpc) is 3.02. The van der Waals surface area contributed by atoms with Crippen LogP contribution in [-0.4, -0.2) is 87.3 Å². The van der Waals surface area contributed by atoms with Gasteiger partial charge in [-0.15, -0.1) is 0 Å². The van der Waals surface area contributed by atoms with E-state index in [9.17, 15) is 9.59 Å². The van der Waals surface area contributed by atoms with Gasteiger partial charge in [-0.25, -0.2) is 0 Å². The molecule has 10 nitrogen and oxygen atoms in total. The summed E-state index contributed by atoms with van der Waals surface area (Å²) in [5.41, 5.74) is 11.5. The smallest absolute Gasteiger partial charge is 0.274 e. The molecule has 0 aromatic heterocycles. The van der Waals surface area contributed by atoms with Crippen molar-refractivity contribution in [1.29, 1.82) is 0 Å². The number of benzene rings is 2. The number of anilines is 4. The summed E-state index contributed by atoms with van der Waals surface area (Å²) in [7, 11) is 0. The Hall–Kier alpha value is -4.02. The van der Waals surface area contributed by atoms with Crippen LogP contribution in [0.15, 0.2) is 72.1 Å². The molecule has 4 heterocycles. The molecule has 40 heavy (non-hydrogen) atoms. The highest BCUT2D eigenvalue weighted by atomic mass is 16.5. The van der Waals surface area contributed by atoms with E-state index in [-0.39, 0.29) is 11.8 Å². The maximum absolute atomic E-state index is 13.2. The lowest BCUT2D eigenvalue weighted by Crippen LogP contribution is -2.45. The molecule has 4 aliphatic rings. The number of amides is 2. The van der Waals surface area contributed by atoms with Crippen LogP contribution in [0.3, 0.4) is 0 Å². The van der Waals surface area contributed by atoms with Gasteiger partial charge in [-0.1, -0.05) is 12.2 Å². The van der Waals surface area contributed by atoms with E-state index in [4.69, 9.17) is 9.47 Å². The average molecular weight is 545 g/mol. The molecule has 0 unspecified atom stereocenters. The zero-order valence-corrected chi connectivity index (χ0v) is 22.7. The number of carbonyl (C=O) groups excluding carboxylic acids is 2. The third kappa shape index (κ3) is 5.64. The van der Waals surface area contributed by atoms with Crippen LogP contribution in [0, 0.1) is 0 Å². The van der Waals surface area contributed by atoms with Gasteiger partial charge in [0.15, 0.2) is 0 Å². The second kappa shape index (κ2) is 12.0. The molecule has 2 aromatic rings. The van der Waals surface area contributed by atoms with E-state index < -0.39 is 0 Å². The maximum Gasteiger partial charge on any atom is 0.274 e.